The minimum atomic E-state index is -0.496. The molecule has 0 aromatic carbocycles. The maximum absolute atomic E-state index is 12.8. The molecule has 0 bridgehead atoms. The van der Waals surface area contributed by atoms with Crippen LogP contribution >= 0.6 is 0 Å². The van der Waals surface area contributed by atoms with E-state index in [4.69, 9.17) is 16.2 Å². The standard InChI is InChI=1S/C23H36N10O3/c1-5-36-22(35)20-29-17(13-32(20)3)16(25)7-10-27-21(34)18-11-15(12-31(18)2)28-23-30-19(14-33(23)4)26-9-6-8-24/h11-14,16,26H,5-10,24-25H2,1-4H3,(H,27,34)(H,28,30). The number of anilines is 3. The number of imidazole rings is 2. The van der Waals surface area contributed by atoms with Crippen LogP contribution in [0.1, 0.15) is 52.6 Å². The van der Waals surface area contributed by atoms with E-state index < -0.39 is 12.0 Å². The van der Waals surface area contributed by atoms with Gasteiger partial charge in [-0.1, -0.05) is 0 Å². The van der Waals surface area contributed by atoms with Crippen LogP contribution in [-0.4, -0.2) is 61.8 Å². The molecule has 0 saturated carbocycles. The van der Waals surface area contributed by atoms with Gasteiger partial charge in [0.2, 0.25) is 11.8 Å². The number of aromatic nitrogens is 5. The molecule has 0 saturated heterocycles. The minimum absolute atomic E-state index is 0.196. The Bertz CT molecular complexity index is 1180. The summed E-state index contributed by atoms with van der Waals surface area (Å²) < 4.78 is 10.2. The molecule has 3 aromatic rings. The van der Waals surface area contributed by atoms with Gasteiger partial charge in [-0.3, -0.25) is 4.79 Å². The van der Waals surface area contributed by atoms with Crippen molar-refractivity contribution in [3.8, 4) is 0 Å². The Hall–Kier alpha value is -3.84. The van der Waals surface area contributed by atoms with Gasteiger partial charge in [0.15, 0.2) is 0 Å². The van der Waals surface area contributed by atoms with Gasteiger partial charge in [-0.05, 0) is 32.4 Å². The van der Waals surface area contributed by atoms with E-state index in [1.165, 1.54) is 0 Å². The summed E-state index contributed by atoms with van der Waals surface area (Å²) in [6.45, 7) is 3.71. The summed E-state index contributed by atoms with van der Waals surface area (Å²) in [6, 6.07) is 1.32. The number of nitrogens with zero attached hydrogens (tertiary/aromatic N) is 5. The Kier molecular flexibility index (Phi) is 9.08. The number of esters is 1. The molecule has 196 valence electrons. The fraction of sp³-hybridized carbons (Fsp3) is 0.478. The molecule has 36 heavy (non-hydrogen) atoms. The number of rotatable bonds is 13. The van der Waals surface area contributed by atoms with Crippen LogP contribution < -0.4 is 27.4 Å². The number of hydrogen-bond acceptors (Lipinski definition) is 9. The predicted molar refractivity (Wildman–Crippen MR) is 137 cm³/mol. The number of ether oxygens (including phenoxy) is 1. The highest BCUT2D eigenvalue weighted by atomic mass is 16.5. The lowest BCUT2D eigenvalue weighted by Crippen LogP contribution is -2.28. The second-order valence-corrected chi connectivity index (χ2v) is 8.45. The number of hydrogen-bond donors (Lipinski definition) is 5. The van der Waals surface area contributed by atoms with Crippen molar-refractivity contribution >= 4 is 29.3 Å². The van der Waals surface area contributed by atoms with E-state index in [-0.39, 0.29) is 18.3 Å². The first-order valence-corrected chi connectivity index (χ1v) is 11.9. The molecule has 0 aliphatic rings. The summed E-state index contributed by atoms with van der Waals surface area (Å²) in [5, 5.41) is 9.36. The van der Waals surface area contributed by atoms with Crippen molar-refractivity contribution in [3.05, 3.63) is 41.9 Å². The molecule has 13 nitrogen and oxygen atoms in total. The highest BCUT2D eigenvalue weighted by molar-refractivity contribution is 5.94. The van der Waals surface area contributed by atoms with Crippen molar-refractivity contribution < 1.29 is 14.3 Å². The van der Waals surface area contributed by atoms with Crippen molar-refractivity contribution in [1.82, 2.24) is 29.0 Å². The summed E-state index contributed by atoms with van der Waals surface area (Å²) in [5.74, 6) is 0.869. The van der Waals surface area contributed by atoms with Gasteiger partial charge in [-0.25, -0.2) is 9.78 Å². The third kappa shape index (κ3) is 6.64. The van der Waals surface area contributed by atoms with Crippen LogP contribution in [0.4, 0.5) is 17.5 Å². The molecule has 0 radical (unpaired) electrons. The second-order valence-electron chi connectivity index (χ2n) is 8.45. The molecular weight excluding hydrogens is 464 g/mol. The van der Waals surface area contributed by atoms with E-state index in [2.05, 4.69) is 25.9 Å². The molecule has 3 heterocycles. The van der Waals surface area contributed by atoms with Crippen LogP contribution in [0.25, 0.3) is 0 Å². The van der Waals surface area contributed by atoms with Gasteiger partial charge in [0.05, 0.1) is 24.0 Å². The number of carbonyl (C=O) groups excluding carboxylic acids is 2. The number of nitrogens with two attached hydrogens (primary N) is 2. The fourth-order valence-electron chi connectivity index (χ4n) is 3.61. The van der Waals surface area contributed by atoms with E-state index >= 15 is 0 Å². The third-order valence-corrected chi connectivity index (χ3v) is 5.53. The van der Waals surface area contributed by atoms with E-state index in [0.717, 1.165) is 24.5 Å². The van der Waals surface area contributed by atoms with Crippen LogP contribution in [0.15, 0.2) is 24.7 Å². The molecule has 7 N–H and O–H groups in total. The predicted octanol–water partition coefficient (Wildman–Crippen LogP) is 0.993. The molecule has 0 aliphatic carbocycles. The van der Waals surface area contributed by atoms with Crippen molar-refractivity contribution in [2.75, 3.05) is 36.9 Å². The summed E-state index contributed by atoms with van der Waals surface area (Å²) in [4.78, 5) is 33.5. The zero-order valence-electron chi connectivity index (χ0n) is 21.2. The van der Waals surface area contributed by atoms with Gasteiger partial charge in [0, 0.05) is 52.8 Å². The Morgan fingerprint density at radius 2 is 1.86 bits per heavy atom. The van der Waals surface area contributed by atoms with Gasteiger partial charge in [-0.2, -0.15) is 4.98 Å². The van der Waals surface area contributed by atoms with Gasteiger partial charge in [0.1, 0.15) is 11.5 Å². The molecular formula is C23H36N10O3. The lowest BCUT2D eigenvalue weighted by molar-refractivity contribution is 0.0507. The topological polar surface area (TPSA) is 172 Å². The number of amides is 1. The molecule has 13 heteroatoms. The van der Waals surface area contributed by atoms with Crippen molar-refractivity contribution in [2.45, 2.75) is 25.8 Å². The largest absolute Gasteiger partial charge is 0.460 e. The van der Waals surface area contributed by atoms with E-state index in [1.54, 1.807) is 42.4 Å². The second kappa shape index (κ2) is 12.2. The molecule has 0 fully saturated rings. The Morgan fingerprint density at radius 3 is 2.58 bits per heavy atom. The van der Waals surface area contributed by atoms with Gasteiger partial charge in [0.25, 0.3) is 5.91 Å². The maximum Gasteiger partial charge on any atom is 0.374 e. The maximum atomic E-state index is 12.8. The van der Waals surface area contributed by atoms with Gasteiger partial charge < -0.3 is 45.9 Å². The Balaban J connectivity index is 1.54. The van der Waals surface area contributed by atoms with Crippen LogP contribution in [0.5, 0.6) is 0 Å². The zero-order valence-corrected chi connectivity index (χ0v) is 21.2. The van der Waals surface area contributed by atoms with Crippen molar-refractivity contribution in [1.29, 1.82) is 0 Å². The van der Waals surface area contributed by atoms with E-state index in [9.17, 15) is 9.59 Å². The summed E-state index contributed by atoms with van der Waals surface area (Å²) >= 11 is 0. The highest BCUT2D eigenvalue weighted by Gasteiger charge is 2.19. The first-order chi connectivity index (χ1) is 17.2. The van der Waals surface area contributed by atoms with Crippen LogP contribution in [0.2, 0.25) is 0 Å². The van der Waals surface area contributed by atoms with Gasteiger partial charge in [-0.15, -0.1) is 0 Å². The Labute approximate surface area is 210 Å². The number of nitrogens with one attached hydrogen (secondary N) is 3. The first-order valence-electron chi connectivity index (χ1n) is 11.9. The molecule has 1 unspecified atom stereocenters. The minimum Gasteiger partial charge on any atom is -0.460 e. The lowest BCUT2D eigenvalue weighted by Gasteiger charge is -2.10. The molecule has 1 amide bonds. The fourth-order valence-corrected chi connectivity index (χ4v) is 3.61. The summed E-state index contributed by atoms with van der Waals surface area (Å²) in [6.07, 6.45) is 6.72. The number of carbonyl (C=O) groups is 2. The van der Waals surface area contributed by atoms with Crippen LogP contribution in [0.3, 0.4) is 0 Å². The third-order valence-electron chi connectivity index (χ3n) is 5.53. The summed E-state index contributed by atoms with van der Waals surface area (Å²) in [7, 11) is 5.40. The summed E-state index contributed by atoms with van der Waals surface area (Å²) in [5.41, 5.74) is 13.6. The molecule has 3 rings (SSSR count). The smallest absolute Gasteiger partial charge is 0.374 e. The normalized spacial score (nSPS) is 11.8. The highest BCUT2D eigenvalue weighted by Crippen LogP contribution is 2.20. The van der Waals surface area contributed by atoms with Gasteiger partial charge >= 0.3 is 5.97 Å². The van der Waals surface area contributed by atoms with Crippen LogP contribution in [-0.2, 0) is 25.9 Å². The Morgan fingerprint density at radius 1 is 1.08 bits per heavy atom. The molecule has 1 atom stereocenters. The monoisotopic (exact) mass is 500 g/mol. The van der Waals surface area contributed by atoms with Crippen LogP contribution in [0, 0.1) is 0 Å². The first kappa shape index (κ1) is 26.8. The van der Waals surface area contributed by atoms with Crippen molar-refractivity contribution in [2.24, 2.45) is 32.6 Å². The van der Waals surface area contributed by atoms with E-state index in [0.29, 0.717) is 36.8 Å². The molecule has 0 spiro atoms. The molecule has 0 aliphatic heterocycles. The SMILES string of the molecule is CCOC(=O)c1nc(C(N)CCNC(=O)c2cc(Nc3nc(NCCCN)cn3C)cn2C)cn1C. The van der Waals surface area contributed by atoms with Crippen molar-refractivity contribution in [3.63, 3.8) is 0 Å². The lowest BCUT2D eigenvalue weighted by atomic mass is 10.1. The number of aryl methyl sites for hydroxylation is 3. The average molecular weight is 501 g/mol. The molecule has 3 aromatic heterocycles. The van der Waals surface area contributed by atoms with E-state index in [1.807, 2.05) is 24.0 Å². The quantitative estimate of drug-likeness (QED) is 0.169. The average Bonchev–Trinajstić information content (AvgIpc) is 3.51. The zero-order chi connectivity index (χ0) is 26.2.